The van der Waals surface area contributed by atoms with E-state index < -0.39 is 0 Å². The molecule has 1 atom stereocenters. The maximum Gasteiger partial charge on any atom is 0.221 e. The molecule has 0 radical (unpaired) electrons. The van der Waals surface area contributed by atoms with Gasteiger partial charge in [0, 0.05) is 28.2 Å². The van der Waals surface area contributed by atoms with Gasteiger partial charge in [0.15, 0.2) is 0 Å². The molecule has 0 bridgehead atoms. The van der Waals surface area contributed by atoms with E-state index in [2.05, 4.69) is 41.0 Å². The lowest BCUT2D eigenvalue weighted by atomic mass is 10.0. The number of aromatic nitrogens is 1. The number of nitrogens with one attached hydrogen (secondary N) is 1. The molecule has 3 nitrogen and oxygen atoms in total. The van der Waals surface area contributed by atoms with Gasteiger partial charge in [0.25, 0.3) is 0 Å². The van der Waals surface area contributed by atoms with Gasteiger partial charge in [-0.15, -0.1) is 22.7 Å². The fraction of sp³-hybridized carbons (Fsp3) is 0.500. The second-order valence-corrected chi connectivity index (χ2v) is 8.61. The van der Waals surface area contributed by atoms with Crippen molar-refractivity contribution in [3.05, 3.63) is 38.5 Å². The van der Waals surface area contributed by atoms with Crippen molar-refractivity contribution < 1.29 is 4.79 Å². The zero-order valence-corrected chi connectivity index (χ0v) is 15.6. The Morgan fingerprint density at radius 2 is 2.23 bits per heavy atom. The topological polar surface area (TPSA) is 42.0 Å². The van der Waals surface area contributed by atoms with E-state index in [1.165, 1.54) is 4.88 Å². The Morgan fingerprint density at radius 1 is 1.41 bits per heavy atom. The minimum Gasteiger partial charge on any atom is -0.348 e. The minimum atomic E-state index is 0.124. The predicted molar refractivity (Wildman–Crippen MR) is 97.7 cm³/mol. The van der Waals surface area contributed by atoms with E-state index in [0.29, 0.717) is 12.3 Å². The summed E-state index contributed by atoms with van der Waals surface area (Å²) in [5, 5.41) is 8.42. The van der Waals surface area contributed by atoms with Gasteiger partial charge in [-0.3, -0.25) is 4.79 Å². The highest BCUT2D eigenvalue weighted by Crippen LogP contribution is 2.26. The number of rotatable bonds is 8. The number of carbonyl (C=O) groups is 1. The molecule has 0 aliphatic rings. The van der Waals surface area contributed by atoms with Gasteiger partial charge in [-0.2, -0.15) is 11.8 Å². The maximum absolute atomic E-state index is 12.1. The van der Waals surface area contributed by atoms with Crippen molar-refractivity contribution in [3.63, 3.8) is 0 Å². The largest absolute Gasteiger partial charge is 0.348 e. The first-order chi connectivity index (χ1) is 10.6. The molecule has 0 spiro atoms. The first-order valence-corrected chi connectivity index (χ1v) is 10.3. The van der Waals surface area contributed by atoms with E-state index in [-0.39, 0.29) is 11.9 Å². The molecule has 2 rings (SSSR count). The summed E-state index contributed by atoms with van der Waals surface area (Å²) in [6.07, 6.45) is 0.558. The van der Waals surface area contributed by atoms with Crippen LogP contribution in [0.5, 0.6) is 0 Å². The van der Waals surface area contributed by atoms with Crippen molar-refractivity contribution in [2.75, 3.05) is 5.75 Å². The quantitative estimate of drug-likeness (QED) is 0.702. The summed E-state index contributed by atoms with van der Waals surface area (Å²) >= 11 is 5.15. The van der Waals surface area contributed by atoms with E-state index in [0.717, 1.165) is 22.2 Å². The van der Waals surface area contributed by atoms with E-state index >= 15 is 0 Å². The molecule has 120 valence electrons. The summed E-state index contributed by atoms with van der Waals surface area (Å²) in [6.45, 7) is 6.30. The average molecular weight is 355 g/mol. The summed E-state index contributed by atoms with van der Waals surface area (Å²) in [6, 6.07) is 4.25. The smallest absolute Gasteiger partial charge is 0.221 e. The fourth-order valence-corrected chi connectivity index (χ4v) is 4.59. The Hall–Kier alpha value is -0.850. The van der Waals surface area contributed by atoms with Gasteiger partial charge >= 0.3 is 0 Å². The SMILES string of the molecule is Cc1nc(CSCCC(=O)N[C@H](c2cccs2)C(C)C)cs1. The van der Waals surface area contributed by atoms with Crippen LogP contribution in [0.4, 0.5) is 0 Å². The van der Waals surface area contributed by atoms with Crippen molar-refractivity contribution >= 4 is 40.3 Å². The van der Waals surface area contributed by atoms with Crippen LogP contribution in [0.15, 0.2) is 22.9 Å². The molecule has 0 saturated heterocycles. The molecule has 0 fully saturated rings. The molecule has 2 aromatic heterocycles. The van der Waals surface area contributed by atoms with Gasteiger partial charge in [0.05, 0.1) is 16.7 Å². The van der Waals surface area contributed by atoms with Crippen molar-refractivity contribution in [2.45, 2.75) is 39.0 Å². The van der Waals surface area contributed by atoms with Gasteiger partial charge in [0.1, 0.15) is 0 Å². The number of amides is 1. The molecule has 0 saturated carbocycles. The van der Waals surface area contributed by atoms with Crippen molar-refractivity contribution in [1.29, 1.82) is 0 Å². The summed E-state index contributed by atoms with van der Waals surface area (Å²) in [5.41, 5.74) is 1.12. The van der Waals surface area contributed by atoms with Crippen LogP contribution < -0.4 is 5.32 Å². The van der Waals surface area contributed by atoms with Crippen molar-refractivity contribution in [3.8, 4) is 0 Å². The van der Waals surface area contributed by atoms with Crippen LogP contribution in [0.3, 0.4) is 0 Å². The van der Waals surface area contributed by atoms with Crippen LogP contribution in [-0.2, 0) is 10.5 Å². The molecular formula is C16H22N2OS3. The number of hydrogen-bond donors (Lipinski definition) is 1. The lowest BCUT2D eigenvalue weighted by Crippen LogP contribution is -2.31. The third-order valence-corrected chi connectivity index (χ3v) is 5.99. The molecule has 1 amide bonds. The normalized spacial score (nSPS) is 12.5. The standard InChI is InChI=1S/C16H22N2OS3/c1-11(2)16(14-5-4-7-21-14)18-15(19)6-8-20-9-13-10-22-12(3)17-13/h4-5,7,10-11,16H,6,8-9H2,1-3H3,(H,18,19)/t16-/m0/s1. The Bertz CT molecular complexity index is 578. The van der Waals surface area contributed by atoms with E-state index in [1.54, 1.807) is 34.4 Å². The number of thioether (sulfide) groups is 1. The van der Waals surface area contributed by atoms with Crippen LogP contribution in [0, 0.1) is 12.8 Å². The predicted octanol–water partition coefficient (Wildman–Crippen LogP) is 4.65. The van der Waals surface area contributed by atoms with E-state index in [9.17, 15) is 4.79 Å². The maximum atomic E-state index is 12.1. The van der Waals surface area contributed by atoms with E-state index in [1.807, 2.05) is 13.0 Å². The van der Waals surface area contributed by atoms with Gasteiger partial charge < -0.3 is 5.32 Å². The molecule has 0 aromatic carbocycles. The van der Waals surface area contributed by atoms with Crippen LogP contribution >= 0.6 is 34.4 Å². The average Bonchev–Trinajstić information content (AvgIpc) is 3.12. The molecule has 0 aliphatic carbocycles. The van der Waals surface area contributed by atoms with Gasteiger partial charge in [-0.05, 0) is 24.3 Å². The number of aryl methyl sites for hydroxylation is 1. The molecular weight excluding hydrogens is 332 g/mol. The number of hydrogen-bond acceptors (Lipinski definition) is 5. The van der Waals surface area contributed by atoms with Crippen LogP contribution in [0.1, 0.15) is 41.9 Å². The first-order valence-electron chi connectivity index (χ1n) is 7.37. The zero-order valence-electron chi connectivity index (χ0n) is 13.2. The van der Waals surface area contributed by atoms with Crippen molar-refractivity contribution in [2.24, 2.45) is 5.92 Å². The van der Waals surface area contributed by atoms with Gasteiger partial charge in [-0.1, -0.05) is 19.9 Å². The number of nitrogens with zero attached hydrogens (tertiary/aromatic N) is 1. The second kappa shape index (κ2) is 8.70. The first kappa shape index (κ1) is 17.5. The van der Waals surface area contributed by atoms with Crippen molar-refractivity contribution in [1.82, 2.24) is 10.3 Å². The molecule has 1 N–H and O–H groups in total. The third-order valence-electron chi connectivity index (χ3n) is 3.22. The Kier molecular flexibility index (Phi) is 6.92. The van der Waals surface area contributed by atoms with Crippen LogP contribution in [0.2, 0.25) is 0 Å². The Labute approximate surface area is 144 Å². The summed E-state index contributed by atoms with van der Waals surface area (Å²) in [7, 11) is 0. The zero-order chi connectivity index (χ0) is 15.9. The lowest BCUT2D eigenvalue weighted by molar-refractivity contribution is -0.121. The molecule has 2 heterocycles. The number of thiazole rings is 1. The monoisotopic (exact) mass is 354 g/mol. The third kappa shape index (κ3) is 5.41. The molecule has 0 aliphatic heterocycles. The van der Waals surface area contributed by atoms with Gasteiger partial charge in [0.2, 0.25) is 5.91 Å². The highest BCUT2D eigenvalue weighted by atomic mass is 32.2. The van der Waals surface area contributed by atoms with E-state index in [4.69, 9.17) is 0 Å². The summed E-state index contributed by atoms with van der Waals surface area (Å²) in [4.78, 5) is 17.8. The lowest BCUT2D eigenvalue weighted by Gasteiger charge is -2.21. The summed E-state index contributed by atoms with van der Waals surface area (Å²) in [5.74, 6) is 2.25. The highest BCUT2D eigenvalue weighted by Gasteiger charge is 2.18. The number of carbonyl (C=O) groups excluding carboxylic acids is 1. The Balaban J connectivity index is 1.72. The molecule has 0 unspecified atom stereocenters. The van der Waals surface area contributed by atoms with Crippen LogP contribution in [-0.4, -0.2) is 16.6 Å². The van der Waals surface area contributed by atoms with Crippen LogP contribution in [0.25, 0.3) is 0 Å². The molecule has 2 aromatic rings. The van der Waals surface area contributed by atoms with Gasteiger partial charge in [-0.25, -0.2) is 4.98 Å². The Morgan fingerprint density at radius 3 is 2.82 bits per heavy atom. The second-order valence-electron chi connectivity index (χ2n) is 5.47. The molecule has 22 heavy (non-hydrogen) atoms. The number of thiophene rings is 1. The minimum absolute atomic E-state index is 0.124. The fourth-order valence-electron chi connectivity index (χ4n) is 2.10. The molecule has 6 heteroatoms. The highest BCUT2D eigenvalue weighted by molar-refractivity contribution is 7.98. The summed E-state index contributed by atoms with van der Waals surface area (Å²) < 4.78 is 0.